The Balaban J connectivity index is 1.93. The summed E-state index contributed by atoms with van der Waals surface area (Å²) in [4.78, 5) is 22.0. The molecule has 2 rings (SSSR count). The van der Waals surface area contributed by atoms with E-state index in [1.807, 2.05) is 0 Å². The highest BCUT2D eigenvalue weighted by Crippen LogP contribution is 2.22. The summed E-state index contributed by atoms with van der Waals surface area (Å²) in [7, 11) is 0. The van der Waals surface area contributed by atoms with E-state index in [1.54, 1.807) is 19.1 Å². The Labute approximate surface area is 120 Å². The number of nitrogens with zero attached hydrogens (tertiary/aromatic N) is 2. The third kappa shape index (κ3) is 4.07. The van der Waals surface area contributed by atoms with Gasteiger partial charge in [0.05, 0.1) is 36.3 Å². The smallest absolute Gasteiger partial charge is 0.278 e. The number of ether oxygens (including phenoxy) is 2. The molecule has 0 radical (unpaired) electrons. The number of hydrogen-bond donors (Lipinski definition) is 1. The SMILES string of the molecule is CC1(CC(=O)N/N=C/c2ccccc2[N+](=O)[O-])OCCO1. The number of nitro groups is 1. The third-order valence-corrected chi connectivity index (χ3v) is 2.91. The van der Waals surface area contributed by atoms with Gasteiger partial charge in [0.15, 0.2) is 5.79 Å². The van der Waals surface area contributed by atoms with Crippen molar-refractivity contribution in [3.8, 4) is 0 Å². The average molecular weight is 293 g/mol. The molecule has 1 amide bonds. The maximum atomic E-state index is 11.7. The summed E-state index contributed by atoms with van der Waals surface area (Å²) in [6, 6.07) is 6.11. The van der Waals surface area contributed by atoms with Crippen LogP contribution in [0.15, 0.2) is 29.4 Å². The van der Waals surface area contributed by atoms with Gasteiger partial charge in [-0.05, 0) is 13.0 Å². The van der Waals surface area contributed by atoms with Crippen molar-refractivity contribution >= 4 is 17.8 Å². The molecule has 1 N–H and O–H groups in total. The van der Waals surface area contributed by atoms with Gasteiger partial charge >= 0.3 is 0 Å². The molecule has 1 aliphatic rings. The van der Waals surface area contributed by atoms with E-state index in [0.717, 1.165) is 0 Å². The quantitative estimate of drug-likeness (QED) is 0.499. The molecular formula is C13H15N3O5. The van der Waals surface area contributed by atoms with Crippen LogP contribution in [0.2, 0.25) is 0 Å². The molecule has 0 unspecified atom stereocenters. The lowest BCUT2D eigenvalue weighted by molar-refractivity contribution is -0.385. The molecule has 0 aliphatic carbocycles. The van der Waals surface area contributed by atoms with Crippen LogP contribution in [0.3, 0.4) is 0 Å². The van der Waals surface area contributed by atoms with E-state index < -0.39 is 16.6 Å². The van der Waals surface area contributed by atoms with E-state index >= 15 is 0 Å². The molecule has 0 atom stereocenters. The highest BCUT2D eigenvalue weighted by atomic mass is 16.7. The van der Waals surface area contributed by atoms with Gasteiger partial charge in [-0.25, -0.2) is 5.43 Å². The number of benzene rings is 1. The largest absolute Gasteiger partial charge is 0.347 e. The molecule has 112 valence electrons. The molecule has 0 bridgehead atoms. The van der Waals surface area contributed by atoms with E-state index in [2.05, 4.69) is 10.5 Å². The number of nitro benzene ring substituents is 1. The molecule has 0 aromatic heterocycles. The normalized spacial score (nSPS) is 17.0. The highest BCUT2D eigenvalue weighted by Gasteiger charge is 2.33. The average Bonchev–Trinajstić information content (AvgIpc) is 2.85. The molecule has 8 heteroatoms. The lowest BCUT2D eigenvalue weighted by Gasteiger charge is -2.20. The van der Waals surface area contributed by atoms with Crippen LogP contribution < -0.4 is 5.43 Å². The molecule has 1 aliphatic heterocycles. The van der Waals surface area contributed by atoms with Crippen molar-refractivity contribution in [2.45, 2.75) is 19.1 Å². The Kier molecular flexibility index (Phi) is 4.61. The van der Waals surface area contributed by atoms with E-state index in [9.17, 15) is 14.9 Å². The minimum absolute atomic E-state index is 0.00121. The number of rotatable bonds is 5. The molecule has 8 nitrogen and oxygen atoms in total. The molecule has 1 fully saturated rings. The van der Waals surface area contributed by atoms with Crippen LogP contribution >= 0.6 is 0 Å². The molecule has 1 saturated heterocycles. The lowest BCUT2D eigenvalue weighted by Crippen LogP contribution is -2.33. The van der Waals surface area contributed by atoms with Gasteiger partial charge in [-0.2, -0.15) is 5.10 Å². The summed E-state index contributed by atoms with van der Waals surface area (Å²) >= 11 is 0. The Bertz CT molecular complexity index is 567. The second-order valence-corrected chi connectivity index (χ2v) is 4.62. The van der Waals surface area contributed by atoms with Crippen molar-refractivity contribution in [3.63, 3.8) is 0 Å². The molecule has 21 heavy (non-hydrogen) atoms. The first-order chi connectivity index (χ1) is 10.0. The Morgan fingerprint density at radius 1 is 1.48 bits per heavy atom. The molecule has 1 heterocycles. The maximum absolute atomic E-state index is 11.7. The van der Waals surface area contributed by atoms with Crippen LogP contribution in [0.4, 0.5) is 5.69 Å². The summed E-state index contributed by atoms with van der Waals surface area (Å²) in [6.45, 7) is 2.57. The number of hydrogen-bond acceptors (Lipinski definition) is 6. The van der Waals surface area contributed by atoms with Crippen LogP contribution in [0, 0.1) is 10.1 Å². The standard InChI is InChI=1S/C13H15N3O5/c1-13(20-6-7-21-13)8-12(17)15-14-9-10-4-2-3-5-11(10)16(18)19/h2-5,9H,6-8H2,1H3,(H,15,17)/b14-9+. The molecular weight excluding hydrogens is 278 g/mol. The van der Waals surface area contributed by atoms with Crippen molar-refractivity contribution in [1.82, 2.24) is 5.43 Å². The zero-order valence-corrected chi connectivity index (χ0v) is 11.4. The van der Waals surface area contributed by atoms with E-state index in [0.29, 0.717) is 18.8 Å². The van der Waals surface area contributed by atoms with Crippen LogP contribution in [0.25, 0.3) is 0 Å². The van der Waals surface area contributed by atoms with Crippen molar-refractivity contribution in [3.05, 3.63) is 39.9 Å². The zero-order valence-electron chi connectivity index (χ0n) is 11.4. The minimum Gasteiger partial charge on any atom is -0.347 e. The van der Waals surface area contributed by atoms with Gasteiger partial charge in [-0.15, -0.1) is 0 Å². The molecule has 1 aromatic carbocycles. The Morgan fingerprint density at radius 2 is 2.14 bits per heavy atom. The summed E-state index contributed by atoms with van der Waals surface area (Å²) in [5.41, 5.74) is 2.53. The van der Waals surface area contributed by atoms with Crippen LogP contribution in [-0.4, -0.2) is 36.0 Å². The first-order valence-electron chi connectivity index (χ1n) is 6.33. The zero-order chi connectivity index (χ0) is 15.3. The maximum Gasteiger partial charge on any atom is 0.278 e. The van der Waals surface area contributed by atoms with Gasteiger partial charge in [0.25, 0.3) is 5.69 Å². The van der Waals surface area contributed by atoms with Crippen molar-refractivity contribution in [2.75, 3.05) is 13.2 Å². The predicted molar refractivity (Wildman–Crippen MR) is 73.8 cm³/mol. The van der Waals surface area contributed by atoms with Crippen molar-refractivity contribution < 1.29 is 19.2 Å². The number of hydrazone groups is 1. The summed E-state index contributed by atoms with van der Waals surface area (Å²) in [5, 5.41) is 14.5. The predicted octanol–water partition coefficient (Wildman–Crippen LogP) is 1.20. The van der Waals surface area contributed by atoms with Gasteiger partial charge in [-0.3, -0.25) is 14.9 Å². The fourth-order valence-electron chi connectivity index (χ4n) is 1.93. The first kappa shape index (κ1) is 15.1. The van der Waals surface area contributed by atoms with Gasteiger partial charge in [0.2, 0.25) is 5.91 Å². The lowest BCUT2D eigenvalue weighted by atomic mass is 10.2. The molecule has 0 saturated carbocycles. The topological polar surface area (TPSA) is 103 Å². The second kappa shape index (κ2) is 6.42. The van der Waals surface area contributed by atoms with E-state index in [1.165, 1.54) is 18.3 Å². The van der Waals surface area contributed by atoms with Gasteiger partial charge in [0, 0.05) is 6.07 Å². The summed E-state index contributed by atoms with van der Waals surface area (Å²) in [5.74, 6) is -1.33. The number of nitrogens with one attached hydrogen (secondary N) is 1. The molecule has 0 spiro atoms. The summed E-state index contributed by atoms with van der Waals surface area (Å²) in [6.07, 6.45) is 1.23. The van der Waals surface area contributed by atoms with Crippen LogP contribution in [0.5, 0.6) is 0 Å². The van der Waals surface area contributed by atoms with Crippen molar-refractivity contribution in [1.29, 1.82) is 0 Å². The van der Waals surface area contributed by atoms with Gasteiger partial charge in [-0.1, -0.05) is 12.1 Å². The minimum atomic E-state index is -0.932. The monoisotopic (exact) mass is 293 g/mol. The summed E-state index contributed by atoms with van der Waals surface area (Å²) < 4.78 is 10.6. The van der Waals surface area contributed by atoms with E-state index in [4.69, 9.17) is 9.47 Å². The van der Waals surface area contributed by atoms with E-state index in [-0.39, 0.29) is 12.1 Å². The third-order valence-electron chi connectivity index (χ3n) is 2.91. The second-order valence-electron chi connectivity index (χ2n) is 4.62. The fourth-order valence-corrected chi connectivity index (χ4v) is 1.93. The van der Waals surface area contributed by atoms with Crippen LogP contribution in [0.1, 0.15) is 18.9 Å². The number of para-hydroxylation sites is 1. The van der Waals surface area contributed by atoms with Gasteiger partial charge < -0.3 is 9.47 Å². The van der Waals surface area contributed by atoms with Crippen LogP contribution in [-0.2, 0) is 14.3 Å². The number of carbonyl (C=O) groups is 1. The fraction of sp³-hybridized carbons (Fsp3) is 0.385. The van der Waals surface area contributed by atoms with Gasteiger partial charge in [0.1, 0.15) is 0 Å². The molecule has 1 aromatic rings. The number of amides is 1. The highest BCUT2D eigenvalue weighted by molar-refractivity contribution is 5.86. The van der Waals surface area contributed by atoms with Crippen molar-refractivity contribution in [2.24, 2.45) is 5.10 Å². The first-order valence-corrected chi connectivity index (χ1v) is 6.33. The Hall–Kier alpha value is -2.32. The Morgan fingerprint density at radius 3 is 2.81 bits per heavy atom. The number of carbonyl (C=O) groups excluding carboxylic acids is 1.